The van der Waals surface area contributed by atoms with Gasteiger partial charge in [0.2, 0.25) is 6.79 Å². The molecule has 43 heavy (non-hydrogen) atoms. The number of rotatable bonds is 6. The van der Waals surface area contributed by atoms with Crippen molar-refractivity contribution < 1.29 is 57.3 Å². The first-order chi connectivity index (χ1) is 20.8. The van der Waals surface area contributed by atoms with Gasteiger partial charge in [-0.15, -0.1) is 0 Å². The summed E-state index contributed by atoms with van der Waals surface area (Å²) in [7, 11) is 4.70. The number of benzene rings is 2. The van der Waals surface area contributed by atoms with Gasteiger partial charge in [-0.05, 0) is 54.8 Å². The van der Waals surface area contributed by atoms with E-state index in [9.17, 15) is 9.90 Å². The quantitative estimate of drug-likeness (QED) is 0.489. The highest BCUT2D eigenvalue weighted by Gasteiger charge is 2.56. The summed E-state index contributed by atoms with van der Waals surface area (Å²) in [4.78, 5) is 13.5. The zero-order valence-electron chi connectivity index (χ0n) is 24.6. The van der Waals surface area contributed by atoms with Gasteiger partial charge in [-0.2, -0.15) is 0 Å². The smallest absolute Gasteiger partial charge is 0.310 e. The summed E-state index contributed by atoms with van der Waals surface area (Å²) in [5.74, 6) is 0.697. The molecule has 4 heterocycles. The average molecular weight is 601 g/mol. The molecular formula is C31H36O12. The van der Waals surface area contributed by atoms with Gasteiger partial charge in [0.25, 0.3) is 0 Å². The molecule has 2 aromatic carbocycles. The predicted molar refractivity (Wildman–Crippen MR) is 146 cm³/mol. The van der Waals surface area contributed by atoms with E-state index in [0.717, 1.165) is 22.3 Å². The summed E-state index contributed by atoms with van der Waals surface area (Å²) in [6, 6.07) is 7.68. The van der Waals surface area contributed by atoms with E-state index in [4.69, 9.17) is 47.4 Å². The number of fused-ring (bicyclic) bond motifs is 4. The van der Waals surface area contributed by atoms with Gasteiger partial charge in [-0.1, -0.05) is 0 Å². The van der Waals surface area contributed by atoms with E-state index in [-0.39, 0.29) is 26.0 Å². The SMILES string of the molecule is COc1cc([C@@H]2c3cc4c(cc3[C@@H](OC3O[C@@H]5CO[C@@H](C)O[C@H]5[C@H](O)[C@H]3OC)[C@H]3COC(=O)[C@H]23)OCO4)cc(OC)c1C. The van der Waals surface area contributed by atoms with E-state index in [1.807, 2.05) is 31.2 Å². The number of aliphatic hydroxyl groups is 1. The molecule has 2 aromatic rings. The third kappa shape index (κ3) is 4.63. The Bertz CT molecular complexity index is 1370. The number of esters is 1. The highest BCUT2D eigenvalue weighted by Crippen LogP contribution is 2.56. The normalized spacial score (nSPS) is 35.9. The Kier molecular flexibility index (Phi) is 7.39. The van der Waals surface area contributed by atoms with Crippen LogP contribution in [0.1, 0.15) is 41.2 Å². The lowest BCUT2D eigenvalue weighted by molar-refractivity contribution is -0.367. The highest BCUT2D eigenvalue weighted by molar-refractivity contribution is 5.79. The number of methoxy groups -OCH3 is 3. The number of carbonyl (C=O) groups is 1. The van der Waals surface area contributed by atoms with E-state index in [0.29, 0.717) is 23.0 Å². The third-order valence-electron chi connectivity index (χ3n) is 9.27. The molecule has 4 aliphatic heterocycles. The van der Waals surface area contributed by atoms with Gasteiger partial charge in [-0.25, -0.2) is 0 Å². The summed E-state index contributed by atoms with van der Waals surface area (Å²) >= 11 is 0. The Morgan fingerprint density at radius 1 is 0.907 bits per heavy atom. The van der Waals surface area contributed by atoms with Crippen LogP contribution in [0.4, 0.5) is 0 Å². The Hall–Kier alpha value is -3.13. The summed E-state index contributed by atoms with van der Waals surface area (Å²) in [5.41, 5.74) is 3.30. The van der Waals surface area contributed by atoms with Crippen molar-refractivity contribution in [2.24, 2.45) is 11.8 Å². The van der Waals surface area contributed by atoms with E-state index >= 15 is 0 Å². The van der Waals surface area contributed by atoms with Gasteiger partial charge in [-0.3, -0.25) is 4.79 Å². The van der Waals surface area contributed by atoms with Crippen LogP contribution in [0.25, 0.3) is 0 Å². The molecule has 0 bridgehead atoms. The standard InChI is InChI=1S/C31H36O12/c1-13-19(34-3)6-15(7-20(13)35-4)24-16-8-21-22(40-12-39-21)9-17(16)27(18-10-38-30(33)25(18)24)43-31-29(36-5)26(32)28-23(42-31)11-37-14(2)41-28/h6-9,14,18,23-29,31-32H,10-12H2,1-5H3/t14-,18+,23-,24-,25+,26+,27-,28-,29-,31?/m1/s1. The van der Waals surface area contributed by atoms with E-state index in [1.165, 1.54) is 7.11 Å². The number of hydrogen-bond donors (Lipinski definition) is 1. The molecule has 1 N–H and O–H groups in total. The van der Waals surface area contributed by atoms with Crippen LogP contribution in [-0.4, -0.2) is 89.4 Å². The monoisotopic (exact) mass is 600 g/mol. The molecular weight excluding hydrogens is 564 g/mol. The second kappa shape index (κ2) is 11.1. The molecule has 1 unspecified atom stereocenters. The Morgan fingerprint density at radius 2 is 1.60 bits per heavy atom. The van der Waals surface area contributed by atoms with Crippen LogP contribution in [0.3, 0.4) is 0 Å². The van der Waals surface area contributed by atoms with Crippen molar-refractivity contribution in [1.82, 2.24) is 0 Å². The van der Waals surface area contributed by atoms with Crippen molar-refractivity contribution >= 4 is 5.97 Å². The van der Waals surface area contributed by atoms with Crippen LogP contribution >= 0.6 is 0 Å². The molecule has 0 saturated carbocycles. The summed E-state index contributed by atoms with van der Waals surface area (Å²) in [5, 5.41) is 11.2. The van der Waals surface area contributed by atoms with E-state index < -0.39 is 60.9 Å². The molecule has 1 aliphatic carbocycles. The molecule has 5 aliphatic rings. The molecule has 0 aromatic heterocycles. The van der Waals surface area contributed by atoms with Crippen molar-refractivity contribution in [2.75, 3.05) is 41.3 Å². The first-order valence-corrected chi connectivity index (χ1v) is 14.4. The molecule has 3 saturated heterocycles. The molecule has 0 spiro atoms. The molecule has 12 heteroatoms. The topological polar surface area (TPSA) is 130 Å². The van der Waals surface area contributed by atoms with Crippen molar-refractivity contribution in [1.29, 1.82) is 0 Å². The van der Waals surface area contributed by atoms with Gasteiger partial charge in [0.15, 0.2) is 24.1 Å². The lowest BCUT2D eigenvalue weighted by Crippen LogP contribution is -2.63. The second-order valence-corrected chi connectivity index (χ2v) is 11.5. The molecule has 10 atom stereocenters. The largest absolute Gasteiger partial charge is 0.496 e. The van der Waals surface area contributed by atoms with Crippen molar-refractivity contribution in [3.05, 3.63) is 46.5 Å². The van der Waals surface area contributed by atoms with Gasteiger partial charge >= 0.3 is 5.97 Å². The molecule has 7 rings (SSSR count). The predicted octanol–water partition coefficient (Wildman–Crippen LogP) is 2.60. The number of aliphatic hydroxyl groups excluding tert-OH is 1. The van der Waals surface area contributed by atoms with Crippen LogP contribution in [0.2, 0.25) is 0 Å². The minimum absolute atomic E-state index is 0.0840. The Labute approximate surface area is 248 Å². The molecule has 232 valence electrons. The van der Waals surface area contributed by atoms with Gasteiger partial charge < -0.3 is 52.5 Å². The van der Waals surface area contributed by atoms with Crippen molar-refractivity contribution in [3.8, 4) is 23.0 Å². The Morgan fingerprint density at radius 3 is 2.28 bits per heavy atom. The van der Waals surface area contributed by atoms with Crippen LogP contribution in [0.15, 0.2) is 24.3 Å². The van der Waals surface area contributed by atoms with Gasteiger partial charge in [0.1, 0.15) is 35.9 Å². The number of hydrogen-bond acceptors (Lipinski definition) is 12. The lowest BCUT2D eigenvalue weighted by atomic mass is 9.66. The fourth-order valence-electron chi connectivity index (χ4n) is 7.17. The molecule has 0 radical (unpaired) electrons. The van der Waals surface area contributed by atoms with Crippen LogP contribution in [0, 0.1) is 18.8 Å². The van der Waals surface area contributed by atoms with Crippen molar-refractivity contribution in [2.45, 2.75) is 62.9 Å². The minimum atomic E-state index is -1.03. The Balaban J connectivity index is 1.33. The average Bonchev–Trinajstić information content (AvgIpc) is 3.63. The van der Waals surface area contributed by atoms with Gasteiger partial charge in [0, 0.05) is 24.5 Å². The first-order valence-electron chi connectivity index (χ1n) is 14.4. The number of ether oxygens (including phenoxy) is 10. The third-order valence-corrected chi connectivity index (χ3v) is 9.27. The summed E-state index contributed by atoms with van der Waals surface area (Å²) in [6.45, 7) is 4.14. The van der Waals surface area contributed by atoms with Gasteiger partial charge in [0.05, 0.1) is 39.5 Å². The summed E-state index contributed by atoms with van der Waals surface area (Å²) in [6.07, 6.45) is -5.23. The molecule has 12 nitrogen and oxygen atoms in total. The maximum absolute atomic E-state index is 13.5. The first kappa shape index (κ1) is 28.6. The summed E-state index contributed by atoms with van der Waals surface area (Å²) < 4.78 is 58.8. The van der Waals surface area contributed by atoms with E-state index in [2.05, 4.69) is 0 Å². The maximum atomic E-state index is 13.5. The molecule has 3 fully saturated rings. The van der Waals surface area contributed by atoms with Crippen LogP contribution < -0.4 is 18.9 Å². The molecule has 0 amide bonds. The fourth-order valence-corrected chi connectivity index (χ4v) is 7.17. The zero-order valence-corrected chi connectivity index (χ0v) is 24.6. The lowest BCUT2D eigenvalue weighted by Gasteiger charge is -2.48. The number of carbonyl (C=O) groups excluding carboxylic acids is 1. The zero-order chi connectivity index (χ0) is 30.0. The fraction of sp³-hybridized carbons (Fsp3) is 0.581. The highest BCUT2D eigenvalue weighted by atomic mass is 16.8. The minimum Gasteiger partial charge on any atom is -0.496 e. The van der Waals surface area contributed by atoms with Crippen molar-refractivity contribution in [3.63, 3.8) is 0 Å². The van der Waals surface area contributed by atoms with Crippen LogP contribution in [-0.2, 0) is 33.2 Å². The number of cyclic esters (lactones) is 1. The van der Waals surface area contributed by atoms with E-state index in [1.54, 1.807) is 21.1 Å². The maximum Gasteiger partial charge on any atom is 0.310 e. The van der Waals surface area contributed by atoms with Crippen LogP contribution in [0.5, 0.6) is 23.0 Å². The second-order valence-electron chi connectivity index (χ2n) is 11.5.